The highest BCUT2D eigenvalue weighted by molar-refractivity contribution is 7.99. The summed E-state index contributed by atoms with van der Waals surface area (Å²) in [6.45, 7) is 0.884. The zero-order valence-corrected chi connectivity index (χ0v) is 7.85. The van der Waals surface area contributed by atoms with Gasteiger partial charge in [-0.15, -0.1) is 12.4 Å². The van der Waals surface area contributed by atoms with Gasteiger partial charge in [-0.05, 0) is 43.2 Å². The van der Waals surface area contributed by atoms with Crippen molar-refractivity contribution in [3.05, 3.63) is 0 Å². The molecule has 1 fully saturated rings. The summed E-state index contributed by atoms with van der Waals surface area (Å²) >= 11 is 2.08. The van der Waals surface area contributed by atoms with Gasteiger partial charge in [-0.1, -0.05) is 0 Å². The maximum Gasteiger partial charge on any atom is -0.00649 e. The van der Waals surface area contributed by atoms with Crippen molar-refractivity contribution in [3.8, 4) is 0 Å². The molecule has 0 unspecified atom stereocenters. The average Bonchev–Trinajstić information content (AvgIpc) is 1.91. The smallest absolute Gasteiger partial charge is 0.00649 e. The summed E-state index contributed by atoms with van der Waals surface area (Å²) in [6, 6.07) is 0. The second-order valence-electron chi connectivity index (χ2n) is 2.63. The predicted octanol–water partition coefficient (Wildman–Crippen LogP) is 1.90. The third kappa shape index (κ3) is 3.69. The number of halogens is 1. The highest BCUT2D eigenvalue weighted by Gasteiger charge is 2.11. The maximum atomic E-state index is 5.45. The van der Waals surface area contributed by atoms with E-state index >= 15 is 0 Å². The monoisotopic (exact) mass is 181 g/mol. The van der Waals surface area contributed by atoms with Crippen molar-refractivity contribution in [2.75, 3.05) is 18.1 Å². The second kappa shape index (κ2) is 6.32. The molecule has 0 radical (unpaired) electrons. The van der Waals surface area contributed by atoms with Crippen LogP contribution in [0, 0.1) is 5.92 Å². The molecule has 62 valence electrons. The van der Waals surface area contributed by atoms with Crippen LogP contribution in [-0.4, -0.2) is 18.1 Å². The van der Waals surface area contributed by atoms with Crippen molar-refractivity contribution in [1.82, 2.24) is 0 Å². The molecular weight excluding hydrogens is 166 g/mol. The van der Waals surface area contributed by atoms with Crippen LogP contribution >= 0.6 is 24.2 Å². The lowest BCUT2D eigenvalue weighted by molar-refractivity contribution is 0.460. The van der Waals surface area contributed by atoms with Gasteiger partial charge in [0.2, 0.25) is 0 Å². The fourth-order valence-corrected chi connectivity index (χ4v) is 2.47. The Morgan fingerprint density at radius 1 is 1.30 bits per heavy atom. The SMILES string of the molecule is Cl.NCCC1CCSCC1. The van der Waals surface area contributed by atoms with Crippen LogP contribution in [0.25, 0.3) is 0 Å². The summed E-state index contributed by atoms with van der Waals surface area (Å²) in [6.07, 6.45) is 4.06. The molecular formula is C7H16ClNS. The molecule has 1 heterocycles. The zero-order valence-electron chi connectivity index (χ0n) is 6.21. The Balaban J connectivity index is 0.000000810. The Morgan fingerprint density at radius 2 is 1.90 bits per heavy atom. The number of thioether (sulfide) groups is 1. The summed E-state index contributed by atoms with van der Waals surface area (Å²) < 4.78 is 0. The second-order valence-corrected chi connectivity index (χ2v) is 3.86. The van der Waals surface area contributed by atoms with Gasteiger partial charge in [-0.25, -0.2) is 0 Å². The van der Waals surface area contributed by atoms with Gasteiger partial charge in [-0.3, -0.25) is 0 Å². The van der Waals surface area contributed by atoms with Crippen LogP contribution in [0.5, 0.6) is 0 Å². The highest BCUT2D eigenvalue weighted by atomic mass is 35.5. The van der Waals surface area contributed by atoms with E-state index in [2.05, 4.69) is 11.8 Å². The largest absolute Gasteiger partial charge is 0.330 e. The lowest BCUT2D eigenvalue weighted by Crippen LogP contribution is -2.13. The van der Waals surface area contributed by atoms with E-state index in [1.165, 1.54) is 30.8 Å². The molecule has 0 spiro atoms. The molecule has 1 rings (SSSR count). The predicted molar refractivity (Wildman–Crippen MR) is 51.0 cm³/mol. The van der Waals surface area contributed by atoms with Crippen molar-refractivity contribution in [2.45, 2.75) is 19.3 Å². The number of rotatable bonds is 2. The van der Waals surface area contributed by atoms with Crippen molar-refractivity contribution in [2.24, 2.45) is 11.7 Å². The van der Waals surface area contributed by atoms with Gasteiger partial charge in [0.05, 0.1) is 0 Å². The first-order valence-electron chi connectivity index (χ1n) is 3.71. The van der Waals surface area contributed by atoms with Gasteiger partial charge >= 0.3 is 0 Å². The van der Waals surface area contributed by atoms with Crippen molar-refractivity contribution < 1.29 is 0 Å². The summed E-state index contributed by atoms with van der Waals surface area (Å²) in [5.74, 6) is 3.69. The molecule has 0 aromatic rings. The van der Waals surface area contributed by atoms with Crippen molar-refractivity contribution in [3.63, 3.8) is 0 Å². The van der Waals surface area contributed by atoms with Crippen LogP contribution in [0.3, 0.4) is 0 Å². The van der Waals surface area contributed by atoms with E-state index in [0.717, 1.165) is 12.5 Å². The Labute approximate surface area is 73.5 Å². The van der Waals surface area contributed by atoms with Gasteiger partial charge in [-0.2, -0.15) is 11.8 Å². The van der Waals surface area contributed by atoms with E-state index in [1.807, 2.05) is 0 Å². The van der Waals surface area contributed by atoms with E-state index in [1.54, 1.807) is 0 Å². The Kier molecular flexibility index (Phi) is 6.70. The van der Waals surface area contributed by atoms with Crippen LogP contribution in [0.1, 0.15) is 19.3 Å². The van der Waals surface area contributed by atoms with E-state index < -0.39 is 0 Å². The molecule has 1 saturated heterocycles. The summed E-state index contributed by atoms with van der Waals surface area (Å²) in [4.78, 5) is 0. The highest BCUT2D eigenvalue weighted by Crippen LogP contribution is 2.24. The van der Waals surface area contributed by atoms with E-state index in [-0.39, 0.29) is 12.4 Å². The fourth-order valence-electron chi connectivity index (χ4n) is 1.27. The zero-order chi connectivity index (χ0) is 6.53. The molecule has 0 atom stereocenters. The Hall–Kier alpha value is 0.600. The molecule has 1 aliphatic rings. The normalized spacial score (nSPS) is 20.1. The Morgan fingerprint density at radius 3 is 2.40 bits per heavy atom. The van der Waals surface area contributed by atoms with E-state index in [9.17, 15) is 0 Å². The van der Waals surface area contributed by atoms with Crippen LogP contribution in [0.2, 0.25) is 0 Å². The molecule has 3 heteroatoms. The van der Waals surface area contributed by atoms with E-state index in [4.69, 9.17) is 5.73 Å². The third-order valence-electron chi connectivity index (χ3n) is 1.92. The number of hydrogen-bond acceptors (Lipinski definition) is 2. The van der Waals surface area contributed by atoms with Crippen LogP contribution in [0.15, 0.2) is 0 Å². The molecule has 0 aliphatic carbocycles. The minimum Gasteiger partial charge on any atom is -0.330 e. The first-order valence-corrected chi connectivity index (χ1v) is 4.87. The number of hydrogen-bond donors (Lipinski definition) is 1. The van der Waals surface area contributed by atoms with Crippen LogP contribution in [-0.2, 0) is 0 Å². The molecule has 10 heavy (non-hydrogen) atoms. The molecule has 0 aromatic heterocycles. The first kappa shape index (κ1) is 10.6. The molecule has 0 amide bonds. The van der Waals surface area contributed by atoms with Gasteiger partial charge < -0.3 is 5.73 Å². The summed E-state index contributed by atoms with van der Waals surface area (Å²) in [5.41, 5.74) is 5.45. The standard InChI is InChI=1S/C7H15NS.ClH/c8-4-1-7-2-5-9-6-3-7;/h7H,1-6,8H2;1H. The summed E-state index contributed by atoms with van der Waals surface area (Å²) in [7, 11) is 0. The van der Waals surface area contributed by atoms with E-state index in [0.29, 0.717) is 0 Å². The topological polar surface area (TPSA) is 26.0 Å². The molecule has 2 N–H and O–H groups in total. The lowest BCUT2D eigenvalue weighted by atomic mass is 9.99. The quantitative estimate of drug-likeness (QED) is 0.705. The van der Waals surface area contributed by atoms with Gasteiger partial charge in [0, 0.05) is 0 Å². The van der Waals surface area contributed by atoms with Crippen LogP contribution in [0.4, 0.5) is 0 Å². The fraction of sp³-hybridized carbons (Fsp3) is 1.00. The van der Waals surface area contributed by atoms with Crippen LogP contribution < -0.4 is 5.73 Å². The average molecular weight is 182 g/mol. The van der Waals surface area contributed by atoms with Crippen molar-refractivity contribution in [1.29, 1.82) is 0 Å². The van der Waals surface area contributed by atoms with Gasteiger partial charge in [0.1, 0.15) is 0 Å². The maximum absolute atomic E-state index is 5.45. The first-order chi connectivity index (χ1) is 4.43. The molecule has 1 aliphatic heterocycles. The molecule has 0 saturated carbocycles. The minimum absolute atomic E-state index is 0. The Bertz CT molecular complexity index is 71.3. The number of nitrogens with two attached hydrogens (primary N) is 1. The van der Waals surface area contributed by atoms with Gasteiger partial charge in [0.15, 0.2) is 0 Å². The van der Waals surface area contributed by atoms with Gasteiger partial charge in [0.25, 0.3) is 0 Å². The molecule has 0 bridgehead atoms. The minimum atomic E-state index is 0. The molecule has 0 aromatic carbocycles. The van der Waals surface area contributed by atoms with Crippen molar-refractivity contribution >= 4 is 24.2 Å². The summed E-state index contributed by atoms with van der Waals surface area (Å²) in [5, 5.41) is 0. The molecule has 1 nitrogen and oxygen atoms in total. The third-order valence-corrected chi connectivity index (χ3v) is 2.96. The lowest BCUT2D eigenvalue weighted by Gasteiger charge is -2.19.